The van der Waals surface area contributed by atoms with Gasteiger partial charge in [-0.1, -0.05) is 11.6 Å². The van der Waals surface area contributed by atoms with E-state index < -0.39 is 0 Å². The molecule has 0 amide bonds. The van der Waals surface area contributed by atoms with E-state index in [1.165, 1.54) is 6.07 Å². The van der Waals surface area contributed by atoms with E-state index in [0.29, 0.717) is 16.8 Å². The van der Waals surface area contributed by atoms with Gasteiger partial charge in [0.15, 0.2) is 0 Å². The predicted octanol–water partition coefficient (Wildman–Crippen LogP) is 3.34. The molecule has 1 aromatic carbocycles. The lowest BCUT2D eigenvalue weighted by molar-refractivity contribution is -0.384. The minimum Gasteiger partial charge on any atom is -0.363 e. The number of hydrogen-bond acceptors (Lipinski definition) is 4. The predicted molar refractivity (Wildman–Crippen MR) is 81.4 cm³/mol. The topological polar surface area (TPSA) is 72.4 Å². The van der Waals surface area contributed by atoms with Crippen molar-refractivity contribution in [2.24, 2.45) is 5.73 Å². The lowest BCUT2D eigenvalue weighted by Crippen LogP contribution is -2.41. The van der Waals surface area contributed by atoms with Gasteiger partial charge in [-0.05, 0) is 44.7 Å². The van der Waals surface area contributed by atoms with Crippen molar-refractivity contribution in [1.82, 2.24) is 0 Å². The minimum absolute atomic E-state index is 0.0780. The molecule has 1 aromatic rings. The summed E-state index contributed by atoms with van der Waals surface area (Å²) in [7, 11) is 0. The first-order valence-corrected chi connectivity index (χ1v) is 7.37. The van der Waals surface area contributed by atoms with E-state index in [0.717, 1.165) is 32.2 Å². The Balaban J connectivity index is 2.29. The van der Waals surface area contributed by atoms with Crippen LogP contribution in [0.5, 0.6) is 0 Å². The van der Waals surface area contributed by atoms with E-state index in [1.807, 2.05) is 6.92 Å². The molecule has 2 N–H and O–H groups in total. The molecule has 110 valence electrons. The molecule has 5 nitrogen and oxygen atoms in total. The van der Waals surface area contributed by atoms with Crippen LogP contribution in [-0.2, 0) is 0 Å². The highest BCUT2D eigenvalue weighted by Crippen LogP contribution is 2.35. The number of nitrogens with two attached hydrogens (primary N) is 1. The molecule has 1 aliphatic carbocycles. The highest BCUT2D eigenvalue weighted by Gasteiger charge is 2.27. The minimum atomic E-state index is -0.363. The number of anilines is 1. The van der Waals surface area contributed by atoms with Crippen molar-refractivity contribution in [3.05, 3.63) is 33.3 Å². The molecule has 0 atom stereocenters. The van der Waals surface area contributed by atoms with Crippen molar-refractivity contribution in [3.8, 4) is 0 Å². The molecular formula is C14H20ClN3O2. The quantitative estimate of drug-likeness (QED) is 0.683. The fourth-order valence-corrected chi connectivity index (χ4v) is 3.09. The number of halogens is 1. The molecule has 0 unspecified atom stereocenters. The van der Waals surface area contributed by atoms with Gasteiger partial charge in [-0.3, -0.25) is 10.1 Å². The van der Waals surface area contributed by atoms with Crippen molar-refractivity contribution in [3.63, 3.8) is 0 Å². The Morgan fingerprint density at radius 1 is 1.40 bits per heavy atom. The van der Waals surface area contributed by atoms with E-state index in [9.17, 15) is 10.1 Å². The van der Waals surface area contributed by atoms with Crippen LogP contribution in [0.25, 0.3) is 0 Å². The summed E-state index contributed by atoms with van der Waals surface area (Å²) in [6.45, 7) is 2.76. The van der Waals surface area contributed by atoms with Gasteiger partial charge in [0.2, 0.25) is 0 Å². The van der Waals surface area contributed by atoms with Crippen LogP contribution < -0.4 is 10.6 Å². The molecule has 0 saturated heterocycles. The number of nitrogens with zero attached hydrogens (tertiary/aromatic N) is 2. The molecule has 2 rings (SSSR count). The van der Waals surface area contributed by atoms with E-state index in [-0.39, 0.29) is 16.7 Å². The molecule has 1 aliphatic rings. The van der Waals surface area contributed by atoms with Crippen molar-refractivity contribution in [2.45, 2.75) is 44.7 Å². The van der Waals surface area contributed by atoms with Crippen LogP contribution in [0, 0.1) is 10.1 Å². The number of hydrogen-bond donors (Lipinski definition) is 1. The standard InChI is InChI=1S/C14H20ClN3O2/c1-2-17(12-6-4-11(16)5-7-12)13-8-3-10(15)9-14(13)18(19)20/h3,8-9,11-12H,2,4-7,16H2,1H3. The van der Waals surface area contributed by atoms with Gasteiger partial charge in [0.25, 0.3) is 5.69 Å². The molecule has 0 spiro atoms. The Morgan fingerprint density at radius 2 is 2.05 bits per heavy atom. The SMILES string of the molecule is CCN(c1ccc(Cl)cc1[N+](=O)[O-])C1CCC(N)CC1. The van der Waals surface area contributed by atoms with Gasteiger partial charge in [-0.25, -0.2) is 0 Å². The summed E-state index contributed by atoms with van der Waals surface area (Å²) in [5.41, 5.74) is 6.66. The Kier molecular flexibility index (Phi) is 4.83. The molecule has 0 bridgehead atoms. The van der Waals surface area contributed by atoms with Crippen molar-refractivity contribution in [2.75, 3.05) is 11.4 Å². The van der Waals surface area contributed by atoms with E-state index in [2.05, 4.69) is 4.90 Å². The van der Waals surface area contributed by atoms with Crippen LogP contribution in [0.15, 0.2) is 18.2 Å². The van der Waals surface area contributed by atoms with Crippen molar-refractivity contribution in [1.29, 1.82) is 0 Å². The van der Waals surface area contributed by atoms with Gasteiger partial charge in [-0.15, -0.1) is 0 Å². The lowest BCUT2D eigenvalue weighted by Gasteiger charge is -2.36. The van der Waals surface area contributed by atoms with Crippen LogP contribution in [0.3, 0.4) is 0 Å². The summed E-state index contributed by atoms with van der Waals surface area (Å²) in [5.74, 6) is 0. The van der Waals surface area contributed by atoms with Gasteiger partial charge in [0.1, 0.15) is 5.69 Å². The van der Waals surface area contributed by atoms with E-state index >= 15 is 0 Å². The van der Waals surface area contributed by atoms with Crippen LogP contribution in [0.4, 0.5) is 11.4 Å². The average molecular weight is 298 g/mol. The zero-order chi connectivity index (χ0) is 14.7. The molecule has 1 saturated carbocycles. The van der Waals surface area contributed by atoms with Crippen LogP contribution in [0.1, 0.15) is 32.6 Å². The van der Waals surface area contributed by atoms with Gasteiger partial charge in [-0.2, -0.15) is 0 Å². The summed E-state index contributed by atoms with van der Waals surface area (Å²) in [5, 5.41) is 11.6. The van der Waals surface area contributed by atoms with Gasteiger partial charge >= 0.3 is 0 Å². The maximum Gasteiger partial charge on any atom is 0.294 e. The van der Waals surface area contributed by atoms with Gasteiger partial charge in [0.05, 0.1) is 4.92 Å². The molecule has 0 aromatic heterocycles. The number of nitro groups is 1. The van der Waals surface area contributed by atoms with Crippen LogP contribution in [0.2, 0.25) is 5.02 Å². The molecule has 0 radical (unpaired) electrons. The zero-order valence-corrected chi connectivity index (χ0v) is 12.3. The van der Waals surface area contributed by atoms with E-state index in [1.54, 1.807) is 12.1 Å². The molecular weight excluding hydrogens is 278 g/mol. The molecule has 0 aliphatic heterocycles. The summed E-state index contributed by atoms with van der Waals surface area (Å²) in [6.07, 6.45) is 3.91. The fourth-order valence-electron chi connectivity index (χ4n) is 2.92. The van der Waals surface area contributed by atoms with Crippen molar-refractivity contribution < 1.29 is 4.92 Å². The summed E-state index contributed by atoms with van der Waals surface area (Å²) >= 11 is 5.87. The Labute approximate surface area is 123 Å². The second-order valence-electron chi connectivity index (χ2n) is 5.24. The van der Waals surface area contributed by atoms with Crippen molar-refractivity contribution >= 4 is 23.0 Å². The number of benzene rings is 1. The van der Waals surface area contributed by atoms with Gasteiger partial charge < -0.3 is 10.6 Å². The molecule has 0 heterocycles. The zero-order valence-electron chi connectivity index (χ0n) is 11.6. The summed E-state index contributed by atoms with van der Waals surface area (Å²) in [4.78, 5) is 13.0. The number of nitro benzene ring substituents is 1. The highest BCUT2D eigenvalue weighted by molar-refractivity contribution is 6.30. The summed E-state index contributed by atoms with van der Waals surface area (Å²) in [6, 6.07) is 5.47. The molecule has 6 heteroatoms. The van der Waals surface area contributed by atoms with Crippen LogP contribution >= 0.6 is 11.6 Å². The Morgan fingerprint density at radius 3 is 2.60 bits per heavy atom. The molecule has 20 heavy (non-hydrogen) atoms. The molecule has 1 fully saturated rings. The lowest BCUT2D eigenvalue weighted by atomic mass is 9.90. The second-order valence-corrected chi connectivity index (χ2v) is 5.68. The fraction of sp³-hybridized carbons (Fsp3) is 0.571. The normalized spacial score (nSPS) is 22.6. The third-order valence-corrected chi connectivity index (χ3v) is 4.20. The first kappa shape index (κ1) is 15.1. The maximum absolute atomic E-state index is 11.2. The van der Waals surface area contributed by atoms with E-state index in [4.69, 9.17) is 17.3 Å². The third kappa shape index (κ3) is 3.22. The van der Waals surface area contributed by atoms with Crippen LogP contribution in [-0.4, -0.2) is 23.6 Å². The highest BCUT2D eigenvalue weighted by atomic mass is 35.5. The number of rotatable bonds is 4. The first-order valence-electron chi connectivity index (χ1n) is 6.99. The Hall–Kier alpha value is -1.33. The monoisotopic (exact) mass is 297 g/mol. The largest absolute Gasteiger partial charge is 0.363 e. The first-order chi connectivity index (χ1) is 9.52. The smallest absolute Gasteiger partial charge is 0.294 e. The maximum atomic E-state index is 11.2. The van der Waals surface area contributed by atoms with Gasteiger partial charge in [0, 0.05) is 29.7 Å². The Bertz CT molecular complexity index is 487. The summed E-state index contributed by atoms with van der Waals surface area (Å²) < 4.78 is 0. The second kappa shape index (κ2) is 6.41. The third-order valence-electron chi connectivity index (χ3n) is 3.97. The average Bonchev–Trinajstić information content (AvgIpc) is 2.43.